The fourth-order valence-corrected chi connectivity index (χ4v) is 2.80. The van der Waals surface area contributed by atoms with Crippen molar-refractivity contribution in [3.8, 4) is 5.75 Å². The average molecular weight is 273 g/mol. The van der Waals surface area contributed by atoms with Crippen LogP contribution in [-0.2, 0) is 0 Å². The maximum atomic E-state index is 9.89. The molecule has 0 heterocycles. The van der Waals surface area contributed by atoms with Gasteiger partial charge < -0.3 is 10.4 Å². The Morgan fingerprint density at radius 1 is 1.11 bits per heavy atom. The minimum atomic E-state index is 0.0693. The summed E-state index contributed by atoms with van der Waals surface area (Å²) in [7, 11) is 0. The molecule has 0 aliphatic rings. The fraction of sp³-hybridized carbons (Fsp3) is 0.250. The van der Waals surface area contributed by atoms with Gasteiger partial charge in [0.1, 0.15) is 5.75 Å². The normalized spacial score (nSPS) is 12.1. The minimum Gasteiger partial charge on any atom is -0.508 e. The van der Waals surface area contributed by atoms with Crippen LogP contribution >= 0.6 is 11.8 Å². The third kappa shape index (κ3) is 3.44. The molecule has 0 aliphatic heterocycles. The first-order valence-electron chi connectivity index (χ1n) is 6.48. The van der Waals surface area contributed by atoms with E-state index in [-0.39, 0.29) is 6.04 Å². The van der Waals surface area contributed by atoms with Gasteiger partial charge in [-0.15, -0.1) is 11.8 Å². The van der Waals surface area contributed by atoms with E-state index in [9.17, 15) is 5.11 Å². The van der Waals surface area contributed by atoms with Gasteiger partial charge in [0.05, 0.1) is 6.04 Å². The zero-order valence-electron chi connectivity index (χ0n) is 11.3. The molecular formula is C16H19NOS. The molecular weight excluding hydrogens is 254 g/mol. The van der Waals surface area contributed by atoms with E-state index in [1.54, 1.807) is 6.07 Å². The highest BCUT2D eigenvalue weighted by Crippen LogP contribution is 2.31. The molecule has 100 valence electrons. The second-order valence-electron chi connectivity index (χ2n) is 4.35. The molecule has 2 aromatic rings. The number of benzene rings is 2. The molecule has 19 heavy (non-hydrogen) atoms. The van der Waals surface area contributed by atoms with Crippen LogP contribution in [-0.4, -0.2) is 10.9 Å². The molecule has 0 aliphatic carbocycles. The topological polar surface area (TPSA) is 32.3 Å². The molecule has 0 aromatic heterocycles. The number of rotatable bonds is 5. The van der Waals surface area contributed by atoms with Crippen molar-refractivity contribution >= 4 is 17.4 Å². The van der Waals surface area contributed by atoms with E-state index in [1.807, 2.05) is 42.1 Å². The molecule has 3 heteroatoms. The first-order valence-corrected chi connectivity index (χ1v) is 7.47. The van der Waals surface area contributed by atoms with Gasteiger partial charge in [-0.3, -0.25) is 0 Å². The third-order valence-electron chi connectivity index (χ3n) is 2.96. The summed E-state index contributed by atoms with van der Waals surface area (Å²) < 4.78 is 0. The molecule has 2 rings (SSSR count). The molecule has 0 saturated heterocycles. The molecule has 0 saturated carbocycles. The Bertz CT molecular complexity index is 542. The van der Waals surface area contributed by atoms with E-state index >= 15 is 0 Å². The molecule has 0 amide bonds. The second kappa shape index (κ2) is 6.53. The van der Waals surface area contributed by atoms with Crippen LogP contribution in [0.4, 0.5) is 5.69 Å². The van der Waals surface area contributed by atoms with Gasteiger partial charge >= 0.3 is 0 Å². The van der Waals surface area contributed by atoms with Crippen molar-refractivity contribution in [3.05, 3.63) is 54.1 Å². The van der Waals surface area contributed by atoms with Crippen LogP contribution in [0.25, 0.3) is 0 Å². The van der Waals surface area contributed by atoms with Crippen LogP contribution in [0.5, 0.6) is 5.75 Å². The van der Waals surface area contributed by atoms with Gasteiger partial charge in [0.15, 0.2) is 0 Å². The number of phenols is 1. The van der Waals surface area contributed by atoms with Crippen molar-refractivity contribution in [3.63, 3.8) is 0 Å². The first-order chi connectivity index (χ1) is 9.22. The standard InChI is InChI=1S/C16H19NOS/c1-3-19-16-11-7-5-9-14(16)17-12(2)13-8-4-6-10-15(13)18/h4-12,17-18H,3H2,1-2H3. The lowest BCUT2D eigenvalue weighted by Crippen LogP contribution is -2.07. The van der Waals surface area contributed by atoms with Crippen molar-refractivity contribution in [2.75, 3.05) is 11.1 Å². The summed E-state index contributed by atoms with van der Waals surface area (Å²) >= 11 is 1.82. The summed E-state index contributed by atoms with van der Waals surface area (Å²) in [6, 6.07) is 15.8. The SMILES string of the molecule is CCSc1ccccc1NC(C)c1ccccc1O. The molecule has 1 atom stereocenters. The predicted molar refractivity (Wildman–Crippen MR) is 83.0 cm³/mol. The van der Waals surface area contributed by atoms with Crippen molar-refractivity contribution < 1.29 is 5.11 Å². The lowest BCUT2D eigenvalue weighted by Gasteiger charge is -2.19. The summed E-state index contributed by atoms with van der Waals surface area (Å²) in [6.45, 7) is 4.20. The number of hydrogen-bond donors (Lipinski definition) is 2. The first kappa shape index (κ1) is 13.8. The van der Waals surface area contributed by atoms with Gasteiger partial charge in [-0.1, -0.05) is 37.3 Å². The van der Waals surface area contributed by atoms with E-state index in [0.717, 1.165) is 17.0 Å². The highest BCUT2D eigenvalue weighted by molar-refractivity contribution is 7.99. The Hall–Kier alpha value is -1.61. The number of aromatic hydroxyl groups is 1. The monoisotopic (exact) mass is 273 g/mol. The average Bonchev–Trinajstić information content (AvgIpc) is 2.41. The zero-order chi connectivity index (χ0) is 13.7. The summed E-state index contributed by atoms with van der Waals surface area (Å²) in [6.07, 6.45) is 0. The van der Waals surface area contributed by atoms with Gasteiger partial charge in [-0.2, -0.15) is 0 Å². The maximum Gasteiger partial charge on any atom is 0.120 e. The van der Waals surface area contributed by atoms with Crippen LogP contribution in [0, 0.1) is 0 Å². The number of anilines is 1. The number of phenolic OH excluding ortho intramolecular Hbond substituents is 1. The molecule has 2 aromatic carbocycles. The van der Waals surface area contributed by atoms with Crippen molar-refractivity contribution in [1.82, 2.24) is 0 Å². The lowest BCUT2D eigenvalue weighted by atomic mass is 10.1. The summed E-state index contributed by atoms with van der Waals surface area (Å²) in [5.74, 6) is 1.38. The quantitative estimate of drug-likeness (QED) is 0.776. The maximum absolute atomic E-state index is 9.89. The van der Waals surface area contributed by atoms with E-state index in [2.05, 4.69) is 31.3 Å². The fourth-order valence-electron chi connectivity index (χ4n) is 2.03. The molecule has 2 N–H and O–H groups in total. The van der Waals surface area contributed by atoms with Crippen LogP contribution in [0.3, 0.4) is 0 Å². The van der Waals surface area contributed by atoms with Gasteiger partial charge in [0.25, 0.3) is 0 Å². The predicted octanol–water partition coefficient (Wildman–Crippen LogP) is 4.68. The lowest BCUT2D eigenvalue weighted by molar-refractivity contribution is 0.465. The van der Waals surface area contributed by atoms with Gasteiger partial charge in [0, 0.05) is 16.1 Å². The van der Waals surface area contributed by atoms with E-state index in [1.165, 1.54) is 4.90 Å². The number of hydrogen-bond acceptors (Lipinski definition) is 3. The summed E-state index contributed by atoms with van der Waals surface area (Å²) in [5.41, 5.74) is 2.03. The van der Waals surface area contributed by atoms with E-state index in [4.69, 9.17) is 0 Å². The Morgan fingerprint density at radius 3 is 2.53 bits per heavy atom. The number of nitrogens with one attached hydrogen (secondary N) is 1. The Balaban J connectivity index is 2.19. The van der Waals surface area contributed by atoms with Crippen molar-refractivity contribution in [2.45, 2.75) is 24.8 Å². The van der Waals surface area contributed by atoms with Crippen LogP contribution in [0.15, 0.2) is 53.4 Å². The molecule has 0 bridgehead atoms. The minimum absolute atomic E-state index is 0.0693. The largest absolute Gasteiger partial charge is 0.508 e. The zero-order valence-corrected chi connectivity index (χ0v) is 12.1. The smallest absolute Gasteiger partial charge is 0.120 e. The summed E-state index contributed by atoms with van der Waals surface area (Å²) in [4.78, 5) is 1.24. The third-order valence-corrected chi connectivity index (χ3v) is 3.92. The van der Waals surface area contributed by atoms with Crippen LogP contribution in [0.2, 0.25) is 0 Å². The highest BCUT2D eigenvalue weighted by atomic mass is 32.2. The van der Waals surface area contributed by atoms with Crippen LogP contribution in [0.1, 0.15) is 25.5 Å². The molecule has 1 unspecified atom stereocenters. The van der Waals surface area contributed by atoms with Gasteiger partial charge in [0.2, 0.25) is 0 Å². The number of thioether (sulfide) groups is 1. The van der Waals surface area contributed by atoms with Gasteiger partial charge in [-0.05, 0) is 30.9 Å². The molecule has 2 nitrogen and oxygen atoms in total. The van der Waals surface area contributed by atoms with E-state index in [0.29, 0.717) is 5.75 Å². The Morgan fingerprint density at radius 2 is 1.79 bits per heavy atom. The van der Waals surface area contributed by atoms with Crippen LogP contribution < -0.4 is 5.32 Å². The molecule has 0 spiro atoms. The highest BCUT2D eigenvalue weighted by Gasteiger charge is 2.11. The van der Waals surface area contributed by atoms with Crippen molar-refractivity contribution in [2.24, 2.45) is 0 Å². The van der Waals surface area contributed by atoms with Crippen molar-refractivity contribution in [1.29, 1.82) is 0 Å². The second-order valence-corrected chi connectivity index (χ2v) is 5.66. The molecule has 0 fully saturated rings. The number of para-hydroxylation sites is 2. The molecule has 0 radical (unpaired) electrons. The Labute approximate surface area is 118 Å². The Kier molecular flexibility index (Phi) is 4.74. The van der Waals surface area contributed by atoms with Gasteiger partial charge in [-0.25, -0.2) is 0 Å². The summed E-state index contributed by atoms with van der Waals surface area (Å²) in [5, 5.41) is 13.4. The van der Waals surface area contributed by atoms with E-state index < -0.39 is 0 Å².